The maximum absolute atomic E-state index is 13.7. The van der Waals surface area contributed by atoms with Crippen LogP contribution in [0.3, 0.4) is 0 Å². The molecule has 0 spiro atoms. The van der Waals surface area contributed by atoms with Crippen molar-refractivity contribution in [2.75, 3.05) is 33.4 Å². The molecule has 1 aliphatic heterocycles. The normalized spacial score (nSPS) is 15.3. The van der Waals surface area contributed by atoms with Crippen LogP contribution in [0, 0.1) is 6.92 Å². The number of esters is 1. The molecule has 2 amide bonds. The first-order valence-electron chi connectivity index (χ1n) is 12.2. The zero-order valence-electron chi connectivity index (χ0n) is 21.4. The first-order chi connectivity index (χ1) is 17.8. The molecular formula is C28H30N4O5. The zero-order chi connectivity index (χ0) is 26.5. The van der Waals surface area contributed by atoms with Gasteiger partial charge < -0.3 is 19.3 Å². The van der Waals surface area contributed by atoms with Gasteiger partial charge in [0.1, 0.15) is 22.8 Å². The maximum atomic E-state index is 13.7. The average molecular weight is 503 g/mol. The summed E-state index contributed by atoms with van der Waals surface area (Å²) in [5.41, 5.74) is 1.62. The highest BCUT2D eigenvalue weighted by Gasteiger charge is 2.34. The predicted molar refractivity (Wildman–Crippen MR) is 138 cm³/mol. The van der Waals surface area contributed by atoms with E-state index in [1.54, 1.807) is 55.0 Å². The number of piperazine rings is 1. The van der Waals surface area contributed by atoms with Crippen LogP contribution in [0.15, 0.2) is 54.6 Å². The van der Waals surface area contributed by atoms with Gasteiger partial charge in [0, 0.05) is 36.8 Å². The van der Waals surface area contributed by atoms with Crippen molar-refractivity contribution in [2.45, 2.75) is 26.8 Å². The van der Waals surface area contributed by atoms with E-state index in [-0.39, 0.29) is 29.8 Å². The lowest BCUT2D eigenvalue weighted by atomic mass is 10.0. The standard InChI is InChI=1S/C28H30N4O5/c1-5-37-28(35)23-24(20-10-7-6-8-11-20)29-19(3)30-25(23)27(34)31-14-15-32(18(2)17-31)26(33)21-12-9-13-22(16-21)36-4/h6-13,16,18H,5,14-15,17H2,1-4H3. The minimum Gasteiger partial charge on any atom is -0.497 e. The van der Waals surface area contributed by atoms with E-state index in [0.29, 0.717) is 48.0 Å². The van der Waals surface area contributed by atoms with Crippen LogP contribution in [-0.4, -0.2) is 76.9 Å². The van der Waals surface area contributed by atoms with Gasteiger partial charge in [-0.1, -0.05) is 36.4 Å². The Morgan fingerprint density at radius 1 is 1.00 bits per heavy atom. The van der Waals surface area contributed by atoms with Gasteiger partial charge in [0.2, 0.25) is 0 Å². The molecule has 0 bridgehead atoms. The van der Waals surface area contributed by atoms with Gasteiger partial charge in [-0.25, -0.2) is 14.8 Å². The number of aryl methyl sites for hydroxylation is 1. The fourth-order valence-electron chi connectivity index (χ4n) is 4.44. The predicted octanol–water partition coefficient (Wildman–Crippen LogP) is 3.62. The van der Waals surface area contributed by atoms with Gasteiger partial charge >= 0.3 is 5.97 Å². The van der Waals surface area contributed by atoms with Gasteiger partial charge in [-0.3, -0.25) is 9.59 Å². The number of rotatable bonds is 6. The molecule has 0 saturated carbocycles. The molecule has 0 aliphatic carbocycles. The van der Waals surface area contributed by atoms with Crippen molar-refractivity contribution in [1.29, 1.82) is 0 Å². The van der Waals surface area contributed by atoms with Gasteiger partial charge in [-0.05, 0) is 39.0 Å². The van der Waals surface area contributed by atoms with Crippen molar-refractivity contribution in [1.82, 2.24) is 19.8 Å². The minimum absolute atomic E-state index is 0.00424. The van der Waals surface area contributed by atoms with E-state index in [1.807, 2.05) is 37.3 Å². The third kappa shape index (κ3) is 5.45. The summed E-state index contributed by atoms with van der Waals surface area (Å²) in [6.45, 7) is 6.36. The molecular weight excluding hydrogens is 472 g/mol. The van der Waals surface area contributed by atoms with Crippen molar-refractivity contribution in [3.8, 4) is 17.0 Å². The second-order valence-corrected chi connectivity index (χ2v) is 8.76. The number of carbonyl (C=O) groups excluding carboxylic acids is 3. The van der Waals surface area contributed by atoms with Crippen LogP contribution in [0.25, 0.3) is 11.3 Å². The summed E-state index contributed by atoms with van der Waals surface area (Å²) in [5.74, 6) is -0.201. The van der Waals surface area contributed by atoms with E-state index in [4.69, 9.17) is 9.47 Å². The smallest absolute Gasteiger partial charge is 0.342 e. The molecule has 0 radical (unpaired) electrons. The van der Waals surface area contributed by atoms with Crippen LogP contribution < -0.4 is 4.74 Å². The fourth-order valence-corrected chi connectivity index (χ4v) is 4.44. The van der Waals surface area contributed by atoms with Gasteiger partial charge in [-0.2, -0.15) is 0 Å². The van der Waals surface area contributed by atoms with Crippen LogP contribution in [0.5, 0.6) is 5.75 Å². The number of benzene rings is 2. The molecule has 2 heterocycles. The van der Waals surface area contributed by atoms with Gasteiger partial charge in [0.25, 0.3) is 11.8 Å². The summed E-state index contributed by atoms with van der Waals surface area (Å²) in [5, 5.41) is 0. The lowest BCUT2D eigenvalue weighted by Crippen LogP contribution is -2.55. The van der Waals surface area contributed by atoms with E-state index < -0.39 is 11.9 Å². The zero-order valence-corrected chi connectivity index (χ0v) is 21.4. The largest absolute Gasteiger partial charge is 0.497 e. The molecule has 192 valence electrons. The molecule has 4 rings (SSSR count). The SMILES string of the molecule is CCOC(=O)c1c(C(=O)N2CCN(C(=O)c3cccc(OC)c3)C(C)C2)nc(C)nc1-c1ccccc1. The highest BCUT2D eigenvalue weighted by atomic mass is 16.5. The summed E-state index contributed by atoms with van der Waals surface area (Å²) in [6.07, 6.45) is 0. The number of hydrogen-bond donors (Lipinski definition) is 0. The van der Waals surface area contributed by atoms with E-state index in [9.17, 15) is 14.4 Å². The third-order valence-corrected chi connectivity index (χ3v) is 6.24. The van der Waals surface area contributed by atoms with Crippen molar-refractivity contribution < 1.29 is 23.9 Å². The Kier molecular flexibility index (Phi) is 7.81. The molecule has 0 N–H and O–H groups in total. The van der Waals surface area contributed by atoms with Crippen molar-refractivity contribution in [2.24, 2.45) is 0 Å². The molecule has 3 aromatic rings. The molecule has 1 unspecified atom stereocenters. The molecule has 1 fully saturated rings. The number of hydrogen-bond acceptors (Lipinski definition) is 7. The lowest BCUT2D eigenvalue weighted by Gasteiger charge is -2.40. The second kappa shape index (κ2) is 11.2. The Labute approximate surface area is 216 Å². The monoisotopic (exact) mass is 502 g/mol. The van der Waals surface area contributed by atoms with Gasteiger partial charge in [0.15, 0.2) is 0 Å². The summed E-state index contributed by atoms with van der Waals surface area (Å²) in [4.78, 5) is 52.2. The van der Waals surface area contributed by atoms with Crippen molar-refractivity contribution >= 4 is 17.8 Å². The summed E-state index contributed by atoms with van der Waals surface area (Å²) in [6, 6.07) is 15.9. The topological polar surface area (TPSA) is 102 Å². The summed E-state index contributed by atoms with van der Waals surface area (Å²) < 4.78 is 10.5. The van der Waals surface area contributed by atoms with Crippen LogP contribution >= 0.6 is 0 Å². The highest BCUT2D eigenvalue weighted by Crippen LogP contribution is 2.27. The number of ether oxygens (including phenoxy) is 2. The molecule has 2 aromatic carbocycles. The second-order valence-electron chi connectivity index (χ2n) is 8.76. The molecule has 1 aromatic heterocycles. The minimum atomic E-state index is -0.649. The molecule has 1 aliphatic rings. The van der Waals surface area contributed by atoms with Crippen LogP contribution in [0.1, 0.15) is 50.9 Å². The van der Waals surface area contributed by atoms with E-state index in [1.165, 1.54) is 0 Å². The number of amides is 2. The molecule has 1 saturated heterocycles. The number of methoxy groups -OCH3 is 1. The van der Waals surface area contributed by atoms with Crippen LogP contribution in [-0.2, 0) is 4.74 Å². The maximum Gasteiger partial charge on any atom is 0.342 e. The summed E-state index contributed by atoms with van der Waals surface area (Å²) in [7, 11) is 1.55. The summed E-state index contributed by atoms with van der Waals surface area (Å²) >= 11 is 0. The molecule has 9 heteroatoms. The Balaban J connectivity index is 1.63. The van der Waals surface area contributed by atoms with E-state index in [2.05, 4.69) is 9.97 Å². The van der Waals surface area contributed by atoms with Crippen molar-refractivity contribution in [3.63, 3.8) is 0 Å². The molecule has 37 heavy (non-hydrogen) atoms. The average Bonchev–Trinajstić information content (AvgIpc) is 2.92. The lowest BCUT2D eigenvalue weighted by molar-refractivity contribution is 0.0406. The van der Waals surface area contributed by atoms with Gasteiger partial charge in [-0.15, -0.1) is 0 Å². The number of carbonyl (C=O) groups is 3. The Bertz CT molecular complexity index is 1310. The van der Waals surface area contributed by atoms with E-state index in [0.717, 1.165) is 0 Å². The fraction of sp³-hybridized carbons (Fsp3) is 0.321. The van der Waals surface area contributed by atoms with Crippen LogP contribution in [0.4, 0.5) is 0 Å². The van der Waals surface area contributed by atoms with Crippen molar-refractivity contribution in [3.05, 3.63) is 77.2 Å². The quantitative estimate of drug-likeness (QED) is 0.475. The van der Waals surface area contributed by atoms with E-state index >= 15 is 0 Å². The van der Waals surface area contributed by atoms with Crippen LogP contribution in [0.2, 0.25) is 0 Å². The highest BCUT2D eigenvalue weighted by molar-refractivity contribution is 6.07. The first kappa shape index (κ1) is 25.8. The molecule has 1 atom stereocenters. The molecule has 9 nitrogen and oxygen atoms in total. The van der Waals surface area contributed by atoms with Gasteiger partial charge in [0.05, 0.1) is 19.4 Å². The Hall–Kier alpha value is -4.27. The Morgan fingerprint density at radius 2 is 1.76 bits per heavy atom. The third-order valence-electron chi connectivity index (χ3n) is 6.24. The number of nitrogens with zero attached hydrogens (tertiary/aromatic N) is 4. The Morgan fingerprint density at radius 3 is 2.43 bits per heavy atom. The number of aromatic nitrogens is 2. The first-order valence-corrected chi connectivity index (χ1v) is 12.2.